The number of benzene rings is 2. The van der Waals surface area contributed by atoms with Gasteiger partial charge in [0.1, 0.15) is 6.26 Å². The smallest absolute Gasteiger partial charge is 0.242 e. The standard InChI is InChI=1S/C23H27N5O2.HI/c1-3-28(16-18-10-6-4-7-11-18)21(29)15-26-23(24-2)25-14-20-17-30-22(27-20)19-12-8-5-9-13-19;/h4-13,17H,3,14-16H2,1-2H3,(H2,24,25,26);1H. The molecule has 0 saturated heterocycles. The van der Waals surface area contributed by atoms with Crippen LogP contribution in [0.4, 0.5) is 0 Å². The van der Waals surface area contributed by atoms with Crippen LogP contribution in [-0.4, -0.2) is 41.9 Å². The highest BCUT2D eigenvalue weighted by molar-refractivity contribution is 14.0. The summed E-state index contributed by atoms with van der Waals surface area (Å²) in [5, 5.41) is 6.23. The maximum atomic E-state index is 12.6. The molecule has 0 aliphatic rings. The molecule has 2 N–H and O–H groups in total. The molecule has 3 rings (SSSR count). The van der Waals surface area contributed by atoms with Crippen molar-refractivity contribution in [2.75, 3.05) is 20.1 Å². The normalized spacial score (nSPS) is 10.8. The quantitative estimate of drug-likeness (QED) is 0.262. The van der Waals surface area contributed by atoms with Crippen LogP contribution >= 0.6 is 24.0 Å². The highest BCUT2D eigenvalue weighted by Crippen LogP contribution is 2.17. The molecule has 2 aromatic carbocycles. The van der Waals surface area contributed by atoms with Crippen LogP contribution in [0.5, 0.6) is 0 Å². The van der Waals surface area contributed by atoms with Crippen molar-refractivity contribution in [1.82, 2.24) is 20.5 Å². The Hall–Kier alpha value is -2.88. The maximum Gasteiger partial charge on any atom is 0.242 e. The van der Waals surface area contributed by atoms with Crippen molar-refractivity contribution in [2.45, 2.75) is 20.0 Å². The number of amides is 1. The lowest BCUT2D eigenvalue weighted by Gasteiger charge is -2.22. The summed E-state index contributed by atoms with van der Waals surface area (Å²) in [5.74, 6) is 1.12. The van der Waals surface area contributed by atoms with Crippen molar-refractivity contribution in [1.29, 1.82) is 0 Å². The number of aliphatic imine (C=N–C) groups is 1. The van der Waals surface area contributed by atoms with E-state index in [1.807, 2.05) is 67.6 Å². The number of carbonyl (C=O) groups excluding carboxylic acids is 1. The first kappa shape index (κ1) is 24.4. The van der Waals surface area contributed by atoms with Gasteiger partial charge in [0.15, 0.2) is 5.96 Å². The van der Waals surface area contributed by atoms with Gasteiger partial charge in [0.05, 0.1) is 18.8 Å². The summed E-state index contributed by atoms with van der Waals surface area (Å²) in [6, 6.07) is 19.7. The molecule has 0 spiro atoms. The van der Waals surface area contributed by atoms with E-state index in [2.05, 4.69) is 20.6 Å². The molecule has 0 saturated carbocycles. The molecule has 0 fully saturated rings. The van der Waals surface area contributed by atoms with E-state index in [4.69, 9.17) is 4.42 Å². The van der Waals surface area contributed by atoms with Gasteiger partial charge in [0, 0.05) is 25.7 Å². The van der Waals surface area contributed by atoms with E-state index in [9.17, 15) is 4.79 Å². The number of nitrogens with zero attached hydrogens (tertiary/aromatic N) is 3. The van der Waals surface area contributed by atoms with Crippen molar-refractivity contribution in [2.24, 2.45) is 4.99 Å². The predicted octanol–water partition coefficient (Wildman–Crippen LogP) is 3.67. The van der Waals surface area contributed by atoms with Crippen molar-refractivity contribution >= 4 is 35.8 Å². The van der Waals surface area contributed by atoms with Gasteiger partial charge in [0.2, 0.25) is 11.8 Å². The third-order valence-electron chi connectivity index (χ3n) is 4.59. The minimum absolute atomic E-state index is 0. The molecule has 0 bridgehead atoms. The lowest BCUT2D eigenvalue weighted by molar-refractivity contribution is -0.130. The summed E-state index contributed by atoms with van der Waals surface area (Å²) >= 11 is 0. The second kappa shape index (κ2) is 12.7. The van der Waals surface area contributed by atoms with E-state index in [1.165, 1.54) is 0 Å². The Labute approximate surface area is 200 Å². The summed E-state index contributed by atoms with van der Waals surface area (Å²) in [7, 11) is 1.67. The second-order valence-electron chi connectivity index (χ2n) is 6.68. The van der Waals surface area contributed by atoms with Crippen molar-refractivity contribution < 1.29 is 9.21 Å². The number of guanidine groups is 1. The first-order valence-corrected chi connectivity index (χ1v) is 9.95. The van der Waals surface area contributed by atoms with E-state index < -0.39 is 0 Å². The van der Waals surface area contributed by atoms with Gasteiger partial charge in [-0.3, -0.25) is 9.79 Å². The number of oxazole rings is 1. The Morgan fingerprint density at radius 2 is 1.74 bits per heavy atom. The number of halogens is 1. The number of rotatable bonds is 8. The molecular weight excluding hydrogens is 505 g/mol. The monoisotopic (exact) mass is 533 g/mol. The van der Waals surface area contributed by atoms with E-state index in [-0.39, 0.29) is 36.4 Å². The Balaban J connectivity index is 0.00000341. The number of hydrogen-bond donors (Lipinski definition) is 2. The molecule has 164 valence electrons. The van der Waals surface area contributed by atoms with Crippen LogP contribution < -0.4 is 10.6 Å². The number of carbonyl (C=O) groups is 1. The van der Waals surface area contributed by atoms with Gasteiger partial charge in [-0.05, 0) is 24.6 Å². The number of nitrogens with one attached hydrogen (secondary N) is 2. The van der Waals surface area contributed by atoms with Crippen molar-refractivity contribution in [3.05, 3.63) is 78.2 Å². The Morgan fingerprint density at radius 1 is 1.06 bits per heavy atom. The minimum atomic E-state index is 0. The van der Waals surface area contributed by atoms with Gasteiger partial charge in [-0.1, -0.05) is 48.5 Å². The fourth-order valence-corrected chi connectivity index (χ4v) is 2.95. The maximum absolute atomic E-state index is 12.6. The van der Waals surface area contributed by atoms with Crippen LogP contribution in [0.25, 0.3) is 11.5 Å². The van der Waals surface area contributed by atoms with Gasteiger partial charge in [0.25, 0.3) is 0 Å². The lowest BCUT2D eigenvalue weighted by atomic mass is 10.2. The molecule has 0 radical (unpaired) electrons. The second-order valence-corrected chi connectivity index (χ2v) is 6.68. The zero-order valence-electron chi connectivity index (χ0n) is 17.7. The molecule has 3 aromatic rings. The van der Waals surface area contributed by atoms with Crippen LogP contribution in [0.2, 0.25) is 0 Å². The first-order valence-electron chi connectivity index (χ1n) is 9.95. The Morgan fingerprint density at radius 3 is 2.39 bits per heavy atom. The SMILES string of the molecule is CCN(Cc1ccccc1)C(=O)CNC(=NC)NCc1coc(-c2ccccc2)n1.I. The van der Waals surface area contributed by atoms with Gasteiger partial charge >= 0.3 is 0 Å². The molecule has 8 heteroatoms. The third-order valence-corrected chi connectivity index (χ3v) is 4.59. The molecule has 1 heterocycles. The van der Waals surface area contributed by atoms with Gasteiger partial charge in [-0.15, -0.1) is 24.0 Å². The molecule has 31 heavy (non-hydrogen) atoms. The van der Waals surface area contributed by atoms with E-state index in [1.54, 1.807) is 18.2 Å². The summed E-state index contributed by atoms with van der Waals surface area (Å²) in [4.78, 5) is 23.0. The fourth-order valence-electron chi connectivity index (χ4n) is 2.95. The molecule has 7 nitrogen and oxygen atoms in total. The van der Waals surface area contributed by atoms with E-state index in [0.717, 1.165) is 16.8 Å². The summed E-state index contributed by atoms with van der Waals surface area (Å²) in [6.45, 7) is 3.80. The van der Waals surface area contributed by atoms with E-state index in [0.29, 0.717) is 31.5 Å². The summed E-state index contributed by atoms with van der Waals surface area (Å²) < 4.78 is 5.55. The van der Waals surface area contributed by atoms with Crippen molar-refractivity contribution in [3.8, 4) is 11.5 Å². The predicted molar refractivity (Wildman–Crippen MR) is 133 cm³/mol. The molecular formula is C23H28IN5O2. The van der Waals surface area contributed by atoms with Crippen LogP contribution in [-0.2, 0) is 17.9 Å². The highest BCUT2D eigenvalue weighted by atomic mass is 127. The summed E-state index contributed by atoms with van der Waals surface area (Å²) in [5.41, 5.74) is 2.78. The largest absolute Gasteiger partial charge is 0.444 e. The Kier molecular flexibility index (Phi) is 10.0. The molecule has 0 aliphatic heterocycles. The third kappa shape index (κ3) is 7.39. The van der Waals surface area contributed by atoms with Crippen LogP contribution in [0.3, 0.4) is 0 Å². The molecule has 0 unspecified atom stereocenters. The average molecular weight is 533 g/mol. The van der Waals surface area contributed by atoms with E-state index >= 15 is 0 Å². The number of aromatic nitrogens is 1. The first-order chi connectivity index (χ1) is 14.7. The van der Waals surface area contributed by atoms with Crippen LogP contribution in [0, 0.1) is 0 Å². The number of hydrogen-bond acceptors (Lipinski definition) is 4. The van der Waals surface area contributed by atoms with Gasteiger partial charge < -0.3 is 20.0 Å². The molecule has 0 atom stereocenters. The minimum Gasteiger partial charge on any atom is -0.444 e. The summed E-state index contributed by atoms with van der Waals surface area (Å²) in [6.07, 6.45) is 1.62. The van der Waals surface area contributed by atoms with Gasteiger partial charge in [-0.2, -0.15) is 0 Å². The average Bonchev–Trinajstić information content (AvgIpc) is 3.28. The Bertz CT molecular complexity index is 960. The van der Waals surface area contributed by atoms with Crippen molar-refractivity contribution in [3.63, 3.8) is 0 Å². The van der Waals surface area contributed by atoms with Crippen LogP contribution in [0.1, 0.15) is 18.2 Å². The zero-order chi connectivity index (χ0) is 21.2. The zero-order valence-corrected chi connectivity index (χ0v) is 20.1. The topological polar surface area (TPSA) is 82.8 Å². The molecule has 0 aliphatic carbocycles. The highest BCUT2D eigenvalue weighted by Gasteiger charge is 2.13. The number of likely N-dealkylation sites (N-methyl/N-ethyl adjacent to an activating group) is 1. The van der Waals surface area contributed by atoms with Gasteiger partial charge in [-0.25, -0.2) is 4.98 Å². The van der Waals surface area contributed by atoms with Crippen LogP contribution in [0.15, 0.2) is 76.3 Å². The molecule has 1 aromatic heterocycles. The molecule has 1 amide bonds. The fraction of sp³-hybridized carbons (Fsp3) is 0.261. The lowest BCUT2D eigenvalue weighted by Crippen LogP contribution is -2.44.